The molecule has 0 aromatic carbocycles. The Morgan fingerprint density at radius 2 is 2.20 bits per heavy atom. The number of nitrogens with one attached hydrogen (secondary N) is 2. The summed E-state index contributed by atoms with van der Waals surface area (Å²) in [5.74, 6) is 0.892. The summed E-state index contributed by atoms with van der Waals surface area (Å²) in [6.45, 7) is 3.44. The molecule has 0 radical (unpaired) electrons. The number of hydrogen-bond acceptors (Lipinski definition) is 2. The highest BCUT2D eigenvalue weighted by Gasteiger charge is 1.99. The molecule has 0 bridgehead atoms. The maximum atomic E-state index is 11.2. The SMILES string of the molecule is CCCCNC(=O)NCCc1ccco1. The summed E-state index contributed by atoms with van der Waals surface area (Å²) in [7, 11) is 0. The zero-order valence-corrected chi connectivity index (χ0v) is 9.08. The van der Waals surface area contributed by atoms with E-state index in [1.807, 2.05) is 12.1 Å². The summed E-state index contributed by atoms with van der Waals surface area (Å²) in [5.41, 5.74) is 0. The second kappa shape index (κ2) is 6.92. The molecule has 1 aromatic heterocycles. The molecule has 0 saturated heterocycles. The van der Waals surface area contributed by atoms with Crippen molar-refractivity contribution in [2.24, 2.45) is 0 Å². The van der Waals surface area contributed by atoms with Crippen molar-refractivity contribution in [3.63, 3.8) is 0 Å². The predicted molar refractivity (Wildman–Crippen MR) is 58.7 cm³/mol. The normalized spacial score (nSPS) is 9.93. The van der Waals surface area contributed by atoms with Gasteiger partial charge in [-0.3, -0.25) is 0 Å². The fourth-order valence-electron chi connectivity index (χ4n) is 1.20. The van der Waals surface area contributed by atoms with Gasteiger partial charge in [0.1, 0.15) is 5.76 Å². The van der Waals surface area contributed by atoms with Gasteiger partial charge in [-0.1, -0.05) is 13.3 Å². The van der Waals surface area contributed by atoms with Crippen LogP contribution in [0.25, 0.3) is 0 Å². The van der Waals surface area contributed by atoms with Gasteiger partial charge in [0, 0.05) is 19.5 Å². The van der Waals surface area contributed by atoms with E-state index in [1.165, 1.54) is 0 Å². The second-order valence-corrected chi connectivity index (χ2v) is 3.37. The molecule has 84 valence electrons. The highest BCUT2D eigenvalue weighted by atomic mass is 16.3. The Kier molecular flexibility index (Phi) is 5.37. The van der Waals surface area contributed by atoms with Gasteiger partial charge in [-0.2, -0.15) is 0 Å². The van der Waals surface area contributed by atoms with Crippen LogP contribution in [0.15, 0.2) is 22.8 Å². The number of urea groups is 1. The van der Waals surface area contributed by atoms with Crippen molar-refractivity contribution in [1.82, 2.24) is 10.6 Å². The van der Waals surface area contributed by atoms with Gasteiger partial charge in [0.25, 0.3) is 0 Å². The van der Waals surface area contributed by atoms with Crippen LogP contribution in [0.4, 0.5) is 4.79 Å². The molecule has 2 N–H and O–H groups in total. The average Bonchev–Trinajstić information content (AvgIpc) is 2.71. The van der Waals surface area contributed by atoms with Crippen LogP contribution in [-0.4, -0.2) is 19.1 Å². The maximum absolute atomic E-state index is 11.2. The van der Waals surface area contributed by atoms with E-state index in [0.717, 1.165) is 31.6 Å². The van der Waals surface area contributed by atoms with Crippen LogP contribution < -0.4 is 10.6 Å². The van der Waals surface area contributed by atoms with Gasteiger partial charge in [-0.15, -0.1) is 0 Å². The fraction of sp³-hybridized carbons (Fsp3) is 0.545. The lowest BCUT2D eigenvalue weighted by molar-refractivity contribution is 0.240. The Morgan fingerprint density at radius 3 is 2.87 bits per heavy atom. The van der Waals surface area contributed by atoms with E-state index in [1.54, 1.807) is 6.26 Å². The van der Waals surface area contributed by atoms with Gasteiger partial charge in [0.2, 0.25) is 0 Å². The van der Waals surface area contributed by atoms with E-state index < -0.39 is 0 Å². The molecule has 0 spiro atoms. The summed E-state index contributed by atoms with van der Waals surface area (Å²) < 4.78 is 5.14. The number of amides is 2. The molecule has 0 unspecified atom stereocenters. The first kappa shape index (κ1) is 11.6. The Balaban J connectivity index is 2.02. The minimum absolute atomic E-state index is 0.102. The van der Waals surface area contributed by atoms with Gasteiger partial charge in [0.05, 0.1) is 6.26 Å². The summed E-state index contributed by atoms with van der Waals surface area (Å²) in [4.78, 5) is 11.2. The van der Waals surface area contributed by atoms with Crippen LogP contribution in [0.2, 0.25) is 0 Å². The van der Waals surface area contributed by atoms with Crippen LogP contribution in [0.1, 0.15) is 25.5 Å². The zero-order chi connectivity index (χ0) is 10.9. The zero-order valence-electron chi connectivity index (χ0n) is 9.08. The monoisotopic (exact) mass is 210 g/mol. The van der Waals surface area contributed by atoms with Crippen LogP contribution in [0.5, 0.6) is 0 Å². The molecular weight excluding hydrogens is 192 g/mol. The molecule has 0 aliphatic rings. The Hall–Kier alpha value is -1.45. The van der Waals surface area contributed by atoms with Gasteiger partial charge < -0.3 is 15.1 Å². The molecule has 1 heterocycles. The van der Waals surface area contributed by atoms with E-state index in [9.17, 15) is 4.79 Å². The topological polar surface area (TPSA) is 54.3 Å². The summed E-state index contributed by atoms with van der Waals surface area (Å²) in [6.07, 6.45) is 4.48. The van der Waals surface area contributed by atoms with Crippen LogP contribution in [0.3, 0.4) is 0 Å². The molecule has 15 heavy (non-hydrogen) atoms. The lowest BCUT2D eigenvalue weighted by atomic mass is 10.3. The molecule has 0 aliphatic heterocycles. The molecule has 1 rings (SSSR count). The third-order valence-corrected chi connectivity index (χ3v) is 2.05. The first-order chi connectivity index (χ1) is 7.33. The van der Waals surface area contributed by atoms with Crippen molar-refractivity contribution < 1.29 is 9.21 Å². The van der Waals surface area contributed by atoms with Crippen molar-refractivity contribution in [2.45, 2.75) is 26.2 Å². The second-order valence-electron chi connectivity index (χ2n) is 3.37. The van der Waals surface area contributed by atoms with Gasteiger partial charge in [0.15, 0.2) is 0 Å². The number of furan rings is 1. The number of carbonyl (C=O) groups excluding carboxylic acids is 1. The highest BCUT2D eigenvalue weighted by Crippen LogP contribution is 1.99. The number of unbranched alkanes of at least 4 members (excludes halogenated alkanes) is 1. The lowest BCUT2D eigenvalue weighted by Gasteiger charge is -2.05. The van der Waals surface area contributed by atoms with Crippen molar-refractivity contribution in [3.05, 3.63) is 24.2 Å². The Bertz CT molecular complexity index is 270. The average molecular weight is 210 g/mol. The smallest absolute Gasteiger partial charge is 0.314 e. The Morgan fingerprint density at radius 1 is 1.40 bits per heavy atom. The molecular formula is C11H18N2O2. The van der Waals surface area contributed by atoms with Crippen molar-refractivity contribution >= 4 is 6.03 Å². The van der Waals surface area contributed by atoms with Gasteiger partial charge in [-0.25, -0.2) is 4.79 Å². The van der Waals surface area contributed by atoms with Gasteiger partial charge in [-0.05, 0) is 18.6 Å². The van der Waals surface area contributed by atoms with E-state index in [4.69, 9.17) is 4.42 Å². The number of hydrogen-bond donors (Lipinski definition) is 2. The van der Waals surface area contributed by atoms with E-state index in [-0.39, 0.29) is 6.03 Å². The quantitative estimate of drug-likeness (QED) is 0.705. The first-order valence-electron chi connectivity index (χ1n) is 5.37. The maximum Gasteiger partial charge on any atom is 0.314 e. The number of rotatable bonds is 6. The minimum Gasteiger partial charge on any atom is -0.469 e. The minimum atomic E-state index is -0.102. The van der Waals surface area contributed by atoms with Crippen molar-refractivity contribution in [2.75, 3.05) is 13.1 Å². The van der Waals surface area contributed by atoms with Crippen molar-refractivity contribution in [1.29, 1.82) is 0 Å². The Labute approximate surface area is 90.0 Å². The van der Waals surface area contributed by atoms with E-state index in [2.05, 4.69) is 17.6 Å². The molecule has 0 saturated carbocycles. The van der Waals surface area contributed by atoms with Crippen molar-refractivity contribution in [3.8, 4) is 0 Å². The molecule has 4 nitrogen and oxygen atoms in total. The molecule has 0 aliphatic carbocycles. The third kappa shape index (κ3) is 5.10. The molecule has 2 amide bonds. The predicted octanol–water partition coefficient (Wildman–Crippen LogP) is 1.92. The third-order valence-electron chi connectivity index (χ3n) is 2.05. The standard InChI is InChI=1S/C11H18N2O2/c1-2-3-7-12-11(14)13-8-6-10-5-4-9-15-10/h4-5,9H,2-3,6-8H2,1H3,(H2,12,13,14). The van der Waals surface area contributed by atoms with E-state index in [0.29, 0.717) is 6.54 Å². The fourth-order valence-corrected chi connectivity index (χ4v) is 1.20. The molecule has 0 fully saturated rings. The molecule has 0 atom stereocenters. The van der Waals surface area contributed by atoms with Gasteiger partial charge >= 0.3 is 6.03 Å². The first-order valence-corrected chi connectivity index (χ1v) is 5.37. The summed E-state index contributed by atoms with van der Waals surface area (Å²) in [6, 6.07) is 3.64. The highest BCUT2D eigenvalue weighted by molar-refractivity contribution is 5.73. The van der Waals surface area contributed by atoms with Crippen LogP contribution >= 0.6 is 0 Å². The van der Waals surface area contributed by atoms with Crippen LogP contribution in [0, 0.1) is 0 Å². The number of carbonyl (C=O) groups is 1. The largest absolute Gasteiger partial charge is 0.469 e. The van der Waals surface area contributed by atoms with Crippen LogP contribution in [-0.2, 0) is 6.42 Å². The molecule has 4 heteroatoms. The molecule has 1 aromatic rings. The lowest BCUT2D eigenvalue weighted by Crippen LogP contribution is -2.37. The summed E-state index contributed by atoms with van der Waals surface area (Å²) in [5, 5.41) is 5.55. The summed E-state index contributed by atoms with van der Waals surface area (Å²) >= 11 is 0. The van der Waals surface area contributed by atoms with E-state index >= 15 is 0 Å².